The maximum Gasteiger partial charge on any atom is 0.335 e. The van der Waals surface area contributed by atoms with E-state index in [0.29, 0.717) is 22.9 Å². The number of ether oxygens (including phenoxy) is 1. The number of para-hydroxylation sites is 2. The van der Waals surface area contributed by atoms with Gasteiger partial charge in [0.15, 0.2) is 0 Å². The van der Waals surface area contributed by atoms with E-state index in [0.717, 1.165) is 34.0 Å². The van der Waals surface area contributed by atoms with Crippen molar-refractivity contribution in [2.45, 2.75) is 40.0 Å². The number of nitrogens with zero attached hydrogens (tertiary/aromatic N) is 2. The molecule has 2 aromatic carbocycles. The van der Waals surface area contributed by atoms with Crippen molar-refractivity contribution >= 4 is 29.6 Å². The summed E-state index contributed by atoms with van der Waals surface area (Å²) >= 11 is 0. The van der Waals surface area contributed by atoms with Crippen molar-refractivity contribution in [2.24, 2.45) is 0 Å². The Morgan fingerprint density at radius 1 is 1.03 bits per heavy atom. The van der Waals surface area contributed by atoms with Gasteiger partial charge in [0.25, 0.3) is 11.8 Å². The van der Waals surface area contributed by atoms with Gasteiger partial charge in [-0.3, -0.25) is 14.9 Å². The van der Waals surface area contributed by atoms with Crippen LogP contribution in [-0.4, -0.2) is 29.5 Å². The average molecular weight is 472 g/mol. The number of hydrogen-bond acceptors (Lipinski definition) is 4. The maximum atomic E-state index is 13.3. The van der Waals surface area contributed by atoms with Crippen molar-refractivity contribution in [2.75, 3.05) is 12.0 Å². The number of nitrogens with one attached hydrogen (secondary N) is 1. The summed E-state index contributed by atoms with van der Waals surface area (Å²) in [6, 6.07) is 16.1. The lowest BCUT2D eigenvalue weighted by Crippen LogP contribution is -2.54. The van der Waals surface area contributed by atoms with Crippen LogP contribution in [0.5, 0.6) is 5.75 Å². The molecule has 4 rings (SSSR count). The normalized spacial score (nSPS) is 16.0. The molecule has 180 valence electrons. The van der Waals surface area contributed by atoms with Gasteiger partial charge in [0.05, 0.1) is 18.5 Å². The Labute approximate surface area is 205 Å². The molecule has 2 heterocycles. The van der Waals surface area contributed by atoms with E-state index in [1.807, 2.05) is 60.9 Å². The average Bonchev–Trinajstić information content (AvgIpc) is 3.13. The molecule has 0 bridgehead atoms. The molecule has 1 aromatic heterocycles. The van der Waals surface area contributed by atoms with Crippen LogP contribution in [-0.2, 0) is 9.59 Å². The van der Waals surface area contributed by atoms with Crippen molar-refractivity contribution in [3.05, 3.63) is 82.7 Å². The van der Waals surface area contributed by atoms with Gasteiger partial charge < -0.3 is 9.30 Å². The highest BCUT2D eigenvalue weighted by atomic mass is 16.5. The third kappa shape index (κ3) is 4.37. The summed E-state index contributed by atoms with van der Waals surface area (Å²) in [6.45, 7) is 8.08. The Balaban J connectivity index is 1.73. The van der Waals surface area contributed by atoms with Crippen LogP contribution in [0, 0.1) is 13.8 Å². The van der Waals surface area contributed by atoms with Gasteiger partial charge in [0.2, 0.25) is 0 Å². The lowest BCUT2D eigenvalue weighted by Gasteiger charge is -2.26. The number of methoxy groups -OCH3 is 1. The molecule has 7 heteroatoms. The summed E-state index contributed by atoms with van der Waals surface area (Å²) in [5.41, 5.74) is 4.74. The zero-order chi connectivity index (χ0) is 25.3. The molecule has 7 nitrogen and oxygen atoms in total. The number of anilines is 1. The quantitative estimate of drug-likeness (QED) is 0.392. The molecule has 0 spiro atoms. The molecular formula is C28H29N3O4. The first kappa shape index (κ1) is 24.0. The predicted molar refractivity (Wildman–Crippen MR) is 136 cm³/mol. The first-order chi connectivity index (χ1) is 16.8. The van der Waals surface area contributed by atoms with Crippen molar-refractivity contribution in [1.29, 1.82) is 0 Å². The van der Waals surface area contributed by atoms with Crippen molar-refractivity contribution in [3.8, 4) is 11.4 Å². The Morgan fingerprint density at radius 2 is 1.71 bits per heavy atom. The van der Waals surface area contributed by atoms with Crippen LogP contribution < -0.4 is 15.0 Å². The smallest absolute Gasteiger partial charge is 0.335 e. The van der Waals surface area contributed by atoms with Crippen LogP contribution >= 0.6 is 0 Å². The molecule has 1 fully saturated rings. The van der Waals surface area contributed by atoms with Gasteiger partial charge in [-0.05, 0) is 73.7 Å². The zero-order valence-corrected chi connectivity index (χ0v) is 20.6. The number of carbonyl (C=O) groups excluding carboxylic acids is 3. The number of aromatic nitrogens is 1. The van der Waals surface area contributed by atoms with Gasteiger partial charge >= 0.3 is 6.03 Å². The van der Waals surface area contributed by atoms with Crippen molar-refractivity contribution in [3.63, 3.8) is 0 Å². The number of benzene rings is 2. The molecule has 3 aromatic rings. The molecule has 0 saturated carbocycles. The van der Waals surface area contributed by atoms with E-state index in [1.165, 1.54) is 0 Å². The minimum Gasteiger partial charge on any atom is -0.495 e. The zero-order valence-electron chi connectivity index (χ0n) is 20.6. The fraction of sp³-hybridized carbons (Fsp3) is 0.250. The molecule has 1 aliphatic heterocycles. The fourth-order valence-electron chi connectivity index (χ4n) is 4.35. The molecule has 0 radical (unpaired) electrons. The third-order valence-electron chi connectivity index (χ3n) is 6.53. The molecule has 4 amide bonds. The molecule has 0 aliphatic carbocycles. The van der Waals surface area contributed by atoms with Gasteiger partial charge in [-0.2, -0.15) is 0 Å². The number of aryl methyl sites for hydroxylation is 1. The Kier molecular flexibility index (Phi) is 6.60. The van der Waals surface area contributed by atoms with Gasteiger partial charge in [0.1, 0.15) is 11.3 Å². The van der Waals surface area contributed by atoms with E-state index in [2.05, 4.69) is 19.2 Å². The highest BCUT2D eigenvalue weighted by molar-refractivity contribution is 6.39. The van der Waals surface area contributed by atoms with Crippen LogP contribution in [0.2, 0.25) is 0 Å². The minimum absolute atomic E-state index is 0.101. The summed E-state index contributed by atoms with van der Waals surface area (Å²) in [5, 5.41) is 2.30. The molecule has 0 unspecified atom stereocenters. The Hall–Kier alpha value is -4.13. The summed E-state index contributed by atoms with van der Waals surface area (Å²) < 4.78 is 7.52. The van der Waals surface area contributed by atoms with Crippen LogP contribution in [0.3, 0.4) is 0 Å². The second kappa shape index (κ2) is 9.62. The summed E-state index contributed by atoms with van der Waals surface area (Å²) in [4.78, 5) is 39.6. The number of carbonyl (C=O) groups is 3. The monoisotopic (exact) mass is 471 g/mol. The largest absolute Gasteiger partial charge is 0.495 e. The Bertz CT molecular complexity index is 1330. The predicted octanol–water partition coefficient (Wildman–Crippen LogP) is 5.28. The van der Waals surface area contributed by atoms with Crippen LogP contribution in [0.15, 0.2) is 60.2 Å². The molecule has 1 saturated heterocycles. The third-order valence-corrected chi connectivity index (χ3v) is 6.53. The highest BCUT2D eigenvalue weighted by Gasteiger charge is 2.37. The number of hydrogen-bond donors (Lipinski definition) is 1. The lowest BCUT2D eigenvalue weighted by molar-refractivity contribution is -0.122. The van der Waals surface area contributed by atoms with Gasteiger partial charge in [-0.15, -0.1) is 0 Å². The first-order valence-corrected chi connectivity index (χ1v) is 11.6. The lowest BCUT2D eigenvalue weighted by atomic mass is 9.98. The molecule has 1 atom stereocenters. The Morgan fingerprint density at radius 3 is 2.37 bits per heavy atom. The molecule has 1 aliphatic rings. The first-order valence-electron chi connectivity index (χ1n) is 11.6. The van der Waals surface area contributed by atoms with Gasteiger partial charge in [0, 0.05) is 11.4 Å². The topological polar surface area (TPSA) is 80.6 Å². The molecule has 1 N–H and O–H groups in total. The summed E-state index contributed by atoms with van der Waals surface area (Å²) in [6.07, 6.45) is 2.52. The summed E-state index contributed by atoms with van der Waals surface area (Å²) in [5.74, 6) is -0.297. The minimum atomic E-state index is -0.757. The molecular weight excluding hydrogens is 442 g/mol. The van der Waals surface area contributed by atoms with E-state index in [9.17, 15) is 14.4 Å². The highest BCUT2D eigenvalue weighted by Crippen LogP contribution is 2.30. The van der Waals surface area contributed by atoms with E-state index in [4.69, 9.17) is 4.74 Å². The number of amides is 4. The van der Waals surface area contributed by atoms with Crippen molar-refractivity contribution in [1.82, 2.24) is 9.88 Å². The number of urea groups is 1. The second-order valence-corrected chi connectivity index (χ2v) is 8.69. The summed E-state index contributed by atoms with van der Waals surface area (Å²) in [7, 11) is 1.61. The van der Waals surface area contributed by atoms with Crippen LogP contribution in [0.1, 0.15) is 48.7 Å². The molecule has 35 heavy (non-hydrogen) atoms. The van der Waals surface area contributed by atoms with E-state index < -0.39 is 17.8 Å². The SMILES string of the molecule is CC[C@@H](C)c1ccc(N2C(=O)NC(=O)/C(=C\c3cc(C)n(-c4ccccc4OC)c3C)C2=O)cc1. The van der Waals surface area contributed by atoms with Gasteiger partial charge in [-0.1, -0.05) is 38.1 Å². The second-order valence-electron chi connectivity index (χ2n) is 8.69. The van der Waals surface area contributed by atoms with E-state index in [-0.39, 0.29) is 5.57 Å². The van der Waals surface area contributed by atoms with Crippen LogP contribution in [0.25, 0.3) is 11.8 Å². The number of imide groups is 2. The van der Waals surface area contributed by atoms with Gasteiger partial charge in [-0.25, -0.2) is 9.69 Å². The fourth-order valence-corrected chi connectivity index (χ4v) is 4.35. The van der Waals surface area contributed by atoms with Crippen molar-refractivity contribution < 1.29 is 19.1 Å². The number of rotatable bonds is 6. The standard InChI is InChI=1S/C28H29N3O4/c1-6-17(2)20-11-13-22(14-12-20)31-27(33)23(26(32)29-28(31)34)16-21-15-18(3)30(19(21)4)24-9-7-8-10-25(24)35-5/h7-17H,6H2,1-5H3,(H,29,32,34)/b23-16+/t17-/m1/s1. The van der Waals surface area contributed by atoms with E-state index in [1.54, 1.807) is 25.3 Å². The van der Waals surface area contributed by atoms with E-state index >= 15 is 0 Å². The maximum absolute atomic E-state index is 13.3. The van der Waals surface area contributed by atoms with Crippen LogP contribution in [0.4, 0.5) is 10.5 Å². The number of barbiturate groups is 1.